The lowest BCUT2D eigenvalue weighted by Gasteiger charge is -2.16. The molecule has 0 saturated heterocycles. The molecule has 0 radical (unpaired) electrons. The molecule has 1 aliphatic heterocycles. The molecule has 1 aromatic carbocycles. The number of nitrogens with two attached hydrogens (primary N) is 1. The predicted molar refractivity (Wildman–Crippen MR) is 75.4 cm³/mol. The summed E-state index contributed by atoms with van der Waals surface area (Å²) in [5.41, 5.74) is 0.654. The Morgan fingerprint density at radius 2 is 2.29 bits per heavy atom. The maximum atomic E-state index is 12.0. The number of primary sulfonamides is 1. The first-order chi connectivity index (χ1) is 9.81. The molecule has 1 amide bonds. The maximum Gasteiger partial charge on any atom is 0.261 e. The van der Waals surface area contributed by atoms with Gasteiger partial charge in [0.1, 0.15) is 5.75 Å². The number of amides is 1. The minimum Gasteiger partial charge on any atom is -0.480 e. The lowest BCUT2D eigenvalue weighted by Crippen LogP contribution is -2.43. The van der Waals surface area contributed by atoms with E-state index in [0.29, 0.717) is 24.3 Å². The van der Waals surface area contributed by atoms with Gasteiger partial charge in [-0.1, -0.05) is 0 Å². The Labute approximate surface area is 123 Å². The van der Waals surface area contributed by atoms with Crippen molar-refractivity contribution >= 4 is 15.9 Å². The minimum atomic E-state index is -3.76. The van der Waals surface area contributed by atoms with Crippen LogP contribution in [0.1, 0.15) is 12.5 Å². The van der Waals surface area contributed by atoms with E-state index in [1.54, 1.807) is 7.11 Å². The highest BCUT2D eigenvalue weighted by atomic mass is 32.2. The zero-order valence-corrected chi connectivity index (χ0v) is 12.6. The molecule has 3 N–H and O–H groups in total. The first kappa shape index (κ1) is 15.7. The summed E-state index contributed by atoms with van der Waals surface area (Å²) >= 11 is 0. The number of ether oxygens (including phenoxy) is 2. The summed E-state index contributed by atoms with van der Waals surface area (Å²) in [6.45, 7) is 2.23. The van der Waals surface area contributed by atoms with Crippen molar-refractivity contribution in [2.24, 2.45) is 5.14 Å². The van der Waals surface area contributed by atoms with Crippen LogP contribution in [0.15, 0.2) is 23.1 Å². The number of sulfonamides is 1. The molecule has 0 saturated carbocycles. The molecular formula is C13H18N2O5S. The number of carbonyl (C=O) groups excluding carboxylic acids is 1. The average molecular weight is 314 g/mol. The van der Waals surface area contributed by atoms with Crippen molar-refractivity contribution in [1.82, 2.24) is 5.32 Å². The van der Waals surface area contributed by atoms with Crippen LogP contribution in [0.4, 0.5) is 0 Å². The number of benzene rings is 1. The van der Waals surface area contributed by atoms with Crippen LogP contribution in [-0.2, 0) is 26.0 Å². The van der Waals surface area contributed by atoms with Crippen molar-refractivity contribution in [3.8, 4) is 5.75 Å². The normalized spacial score (nSPS) is 18.7. The molecule has 2 rings (SSSR count). The summed E-state index contributed by atoms with van der Waals surface area (Å²) in [6.07, 6.45) is -0.362. The van der Waals surface area contributed by atoms with E-state index in [9.17, 15) is 13.2 Å². The Morgan fingerprint density at radius 1 is 1.57 bits per heavy atom. The Morgan fingerprint density at radius 3 is 2.90 bits per heavy atom. The molecule has 0 aromatic heterocycles. The fourth-order valence-electron chi connectivity index (χ4n) is 2.18. The van der Waals surface area contributed by atoms with Crippen molar-refractivity contribution in [2.45, 2.75) is 30.4 Å². The van der Waals surface area contributed by atoms with E-state index in [1.807, 2.05) is 6.92 Å². The summed E-state index contributed by atoms with van der Waals surface area (Å²) in [7, 11) is -2.21. The van der Waals surface area contributed by atoms with Crippen LogP contribution in [0.25, 0.3) is 0 Å². The van der Waals surface area contributed by atoms with Gasteiger partial charge in [-0.15, -0.1) is 0 Å². The van der Waals surface area contributed by atoms with Crippen molar-refractivity contribution in [3.05, 3.63) is 23.8 Å². The van der Waals surface area contributed by atoms with E-state index in [0.717, 1.165) is 0 Å². The molecule has 116 valence electrons. The lowest BCUT2D eigenvalue weighted by molar-refractivity contribution is -0.128. The van der Waals surface area contributed by atoms with Gasteiger partial charge in [0.2, 0.25) is 10.0 Å². The Hall–Kier alpha value is -1.64. The van der Waals surface area contributed by atoms with Crippen LogP contribution >= 0.6 is 0 Å². The SMILES string of the molecule is COCC(C)NC(=O)C1Cc2cc(S(N)(=O)=O)ccc2O1. The van der Waals surface area contributed by atoms with Crippen LogP contribution in [-0.4, -0.2) is 40.2 Å². The summed E-state index contributed by atoms with van der Waals surface area (Å²) in [6, 6.07) is 4.19. The van der Waals surface area contributed by atoms with Crippen LogP contribution in [0, 0.1) is 0 Å². The third kappa shape index (κ3) is 3.72. The maximum absolute atomic E-state index is 12.0. The van der Waals surface area contributed by atoms with E-state index >= 15 is 0 Å². The number of methoxy groups -OCH3 is 1. The largest absolute Gasteiger partial charge is 0.480 e. The third-order valence-electron chi connectivity index (χ3n) is 3.13. The molecule has 0 bridgehead atoms. The van der Waals surface area contributed by atoms with E-state index < -0.39 is 16.1 Å². The van der Waals surface area contributed by atoms with Crippen LogP contribution in [0.5, 0.6) is 5.75 Å². The van der Waals surface area contributed by atoms with Gasteiger partial charge in [0.05, 0.1) is 11.5 Å². The summed E-state index contributed by atoms with van der Waals surface area (Å²) in [5, 5.41) is 7.85. The molecule has 1 heterocycles. The monoisotopic (exact) mass is 314 g/mol. The van der Waals surface area contributed by atoms with Crippen LogP contribution < -0.4 is 15.2 Å². The van der Waals surface area contributed by atoms with Crippen LogP contribution in [0.3, 0.4) is 0 Å². The molecule has 0 fully saturated rings. The van der Waals surface area contributed by atoms with E-state index in [2.05, 4.69) is 5.32 Å². The zero-order valence-electron chi connectivity index (χ0n) is 11.8. The van der Waals surface area contributed by atoms with Gasteiger partial charge in [-0.3, -0.25) is 4.79 Å². The van der Waals surface area contributed by atoms with Crippen molar-refractivity contribution in [2.75, 3.05) is 13.7 Å². The highest BCUT2D eigenvalue weighted by Gasteiger charge is 2.30. The van der Waals surface area contributed by atoms with Crippen molar-refractivity contribution < 1.29 is 22.7 Å². The topological polar surface area (TPSA) is 108 Å². The fraction of sp³-hybridized carbons (Fsp3) is 0.462. The number of fused-ring (bicyclic) bond motifs is 1. The quantitative estimate of drug-likeness (QED) is 0.782. The average Bonchev–Trinajstić information content (AvgIpc) is 2.80. The second-order valence-corrected chi connectivity index (χ2v) is 6.55. The van der Waals surface area contributed by atoms with Crippen molar-refractivity contribution in [3.63, 3.8) is 0 Å². The number of carbonyl (C=O) groups is 1. The first-order valence-electron chi connectivity index (χ1n) is 6.43. The van der Waals surface area contributed by atoms with E-state index in [1.165, 1.54) is 18.2 Å². The molecule has 2 unspecified atom stereocenters. The van der Waals surface area contributed by atoms with Crippen LogP contribution in [0.2, 0.25) is 0 Å². The molecule has 21 heavy (non-hydrogen) atoms. The third-order valence-corrected chi connectivity index (χ3v) is 4.04. The number of hydrogen-bond acceptors (Lipinski definition) is 5. The Balaban J connectivity index is 2.07. The van der Waals surface area contributed by atoms with Gasteiger partial charge in [-0.05, 0) is 30.7 Å². The number of rotatable bonds is 5. The zero-order chi connectivity index (χ0) is 15.6. The molecule has 1 aromatic rings. The highest BCUT2D eigenvalue weighted by Crippen LogP contribution is 2.30. The van der Waals surface area contributed by atoms with Gasteiger partial charge in [0.25, 0.3) is 5.91 Å². The fourth-order valence-corrected chi connectivity index (χ4v) is 2.74. The molecule has 2 atom stereocenters. The summed E-state index contributed by atoms with van der Waals surface area (Å²) in [4.78, 5) is 12.1. The Bertz CT molecular complexity index is 644. The molecule has 0 aliphatic carbocycles. The smallest absolute Gasteiger partial charge is 0.261 e. The first-order valence-corrected chi connectivity index (χ1v) is 7.97. The Kier molecular flexibility index (Phi) is 4.50. The lowest BCUT2D eigenvalue weighted by atomic mass is 10.1. The van der Waals surface area contributed by atoms with E-state index in [-0.39, 0.29) is 16.8 Å². The summed E-state index contributed by atoms with van der Waals surface area (Å²) < 4.78 is 33.1. The van der Waals surface area contributed by atoms with Crippen molar-refractivity contribution in [1.29, 1.82) is 0 Å². The van der Waals surface area contributed by atoms with Gasteiger partial charge in [0.15, 0.2) is 6.10 Å². The number of hydrogen-bond donors (Lipinski definition) is 2. The van der Waals surface area contributed by atoms with Gasteiger partial charge in [-0.25, -0.2) is 13.6 Å². The minimum absolute atomic E-state index is 0.0126. The molecule has 0 spiro atoms. The molecule has 1 aliphatic rings. The molecule has 8 heteroatoms. The van der Waals surface area contributed by atoms with Gasteiger partial charge in [-0.2, -0.15) is 0 Å². The highest BCUT2D eigenvalue weighted by molar-refractivity contribution is 7.89. The second-order valence-electron chi connectivity index (χ2n) is 4.99. The second kappa shape index (κ2) is 6.00. The summed E-state index contributed by atoms with van der Waals surface area (Å²) in [5.74, 6) is 0.245. The van der Waals surface area contributed by atoms with Gasteiger partial charge >= 0.3 is 0 Å². The van der Waals surface area contributed by atoms with Gasteiger partial charge in [0, 0.05) is 19.6 Å². The standard InChI is InChI=1S/C13H18N2O5S/c1-8(7-19-2)15-13(16)12-6-9-5-10(21(14,17)18)3-4-11(9)20-12/h3-5,8,12H,6-7H2,1-2H3,(H,15,16)(H2,14,17,18). The molecular weight excluding hydrogens is 296 g/mol. The number of nitrogens with one attached hydrogen (secondary N) is 1. The molecule has 7 nitrogen and oxygen atoms in total. The predicted octanol–water partition coefficient (Wildman–Crippen LogP) is -0.211. The van der Waals surface area contributed by atoms with E-state index in [4.69, 9.17) is 14.6 Å². The van der Waals surface area contributed by atoms with Gasteiger partial charge < -0.3 is 14.8 Å².